The third-order valence-electron chi connectivity index (χ3n) is 3.53. The largest absolute Gasteiger partial charge is 0.324 e. The highest BCUT2D eigenvalue weighted by atomic mass is 15.3. The first-order valence-corrected chi connectivity index (χ1v) is 6.13. The minimum atomic E-state index is 0.782. The van der Waals surface area contributed by atoms with Gasteiger partial charge in [-0.25, -0.2) is 9.97 Å². The van der Waals surface area contributed by atoms with Crippen molar-refractivity contribution in [3.05, 3.63) is 29.4 Å². The zero-order valence-electron chi connectivity index (χ0n) is 10.3. The molecule has 0 unspecified atom stereocenters. The summed E-state index contributed by atoms with van der Waals surface area (Å²) in [4.78, 5) is 8.95. The predicted octanol–water partition coefficient (Wildman–Crippen LogP) is 1.25. The van der Waals surface area contributed by atoms with E-state index >= 15 is 0 Å². The lowest BCUT2D eigenvalue weighted by atomic mass is 10.0. The molecule has 2 aromatic rings. The summed E-state index contributed by atoms with van der Waals surface area (Å²) in [6.45, 7) is 2.86. The molecule has 0 saturated carbocycles. The second-order valence-corrected chi connectivity index (χ2v) is 4.65. The summed E-state index contributed by atoms with van der Waals surface area (Å²) >= 11 is 0. The molecule has 0 atom stereocenters. The van der Waals surface area contributed by atoms with Gasteiger partial charge in [-0.05, 0) is 32.6 Å². The quantitative estimate of drug-likeness (QED) is 0.781. The van der Waals surface area contributed by atoms with Crippen LogP contribution in [0.25, 0.3) is 0 Å². The number of hydrogen-bond donors (Lipinski definition) is 0. The zero-order valence-corrected chi connectivity index (χ0v) is 10.3. The van der Waals surface area contributed by atoms with Crippen LogP contribution in [0.1, 0.15) is 35.9 Å². The second kappa shape index (κ2) is 3.98. The number of aromatic nitrogens is 5. The second-order valence-electron chi connectivity index (χ2n) is 4.65. The molecule has 2 heterocycles. The number of aryl methyl sites for hydroxylation is 3. The van der Waals surface area contributed by atoms with Crippen LogP contribution in [0.2, 0.25) is 0 Å². The minimum Gasteiger partial charge on any atom is -0.324 e. The van der Waals surface area contributed by atoms with E-state index in [1.54, 1.807) is 6.33 Å². The number of rotatable bonds is 2. The third kappa shape index (κ3) is 1.75. The molecule has 17 heavy (non-hydrogen) atoms. The highest BCUT2D eigenvalue weighted by Crippen LogP contribution is 2.22. The van der Waals surface area contributed by atoms with E-state index in [2.05, 4.69) is 26.6 Å². The first-order valence-electron chi connectivity index (χ1n) is 6.13. The molecule has 5 nitrogen and oxygen atoms in total. The van der Waals surface area contributed by atoms with Gasteiger partial charge in [-0.1, -0.05) is 0 Å². The standard InChI is InChI=1S/C12H17N5/c1-9-15-10-5-3-4-6-11(10)17(9)7-12-13-8-14-16(12)2/h8H,3-7H2,1-2H3. The smallest absolute Gasteiger partial charge is 0.146 e. The van der Waals surface area contributed by atoms with Crippen LogP contribution in [0.3, 0.4) is 0 Å². The molecule has 5 heteroatoms. The lowest BCUT2D eigenvalue weighted by molar-refractivity contribution is 0.594. The van der Waals surface area contributed by atoms with Crippen LogP contribution < -0.4 is 0 Å². The van der Waals surface area contributed by atoms with Gasteiger partial charge in [0.15, 0.2) is 0 Å². The van der Waals surface area contributed by atoms with Crippen molar-refractivity contribution in [3.8, 4) is 0 Å². The molecular formula is C12H17N5. The van der Waals surface area contributed by atoms with Gasteiger partial charge < -0.3 is 4.57 Å². The number of fused-ring (bicyclic) bond motifs is 1. The van der Waals surface area contributed by atoms with E-state index in [9.17, 15) is 0 Å². The maximum absolute atomic E-state index is 4.67. The average molecular weight is 231 g/mol. The molecule has 0 aliphatic heterocycles. The number of hydrogen-bond acceptors (Lipinski definition) is 3. The van der Waals surface area contributed by atoms with Crippen LogP contribution >= 0.6 is 0 Å². The molecule has 0 saturated heterocycles. The molecule has 3 rings (SSSR count). The maximum atomic E-state index is 4.67. The van der Waals surface area contributed by atoms with Crippen LogP contribution in [-0.4, -0.2) is 24.3 Å². The molecule has 2 aromatic heterocycles. The topological polar surface area (TPSA) is 48.5 Å². The van der Waals surface area contributed by atoms with E-state index in [0.29, 0.717) is 0 Å². The van der Waals surface area contributed by atoms with E-state index in [4.69, 9.17) is 0 Å². The van der Waals surface area contributed by atoms with E-state index in [0.717, 1.165) is 31.0 Å². The van der Waals surface area contributed by atoms with Crippen LogP contribution in [0.4, 0.5) is 0 Å². The fourth-order valence-electron chi connectivity index (χ4n) is 2.55. The lowest BCUT2D eigenvalue weighted by Gasteiger charge is -2.14. The molecule has 90 valence electrons. The molecule has 0 spiro atoms. The Morgan fingerprint density at radius 3 is 2.88 bits per heavy atom. The van der Waals surface area contributed by atoms with Gasteiger partial charge >= 0.3 is 0 Å². The summed E-state index contributed by atoms with van der Waals surface area (Å²) < 4.78 is 4.12. The molecule has 0 fully saturated rings. The Balaban J connectivity index is 1.98. The van der Waals surface area contributed by atoms with Crippen LogP contribution in [0, 0.1) is 6.92 Å². The molecule has 0 N–H and O–H groups in total. The normalized spacial score (nSPS) is 14.9. The van der Waals surface area contributed by atoms with Crippen molar-refractivity contribution < 1.29 is 0 Å². The summed E-state index contributed by atoms with van der Waals surface area (Å²) in [5.74, 6) is 2.08. The van der Waals surface area contributed by atoms with Gasteiger partial charge in [-0.2, -0.15) is 5.10 Å². The van der Waals surface area contributed by atoms with E-state index in [-0.39, 0.29) is 0 Å². The fourth-order valence-corrected chi connectivity index (χ4v) is 2.55. The fraction of sp³-hybridized carbons (Fsp3) is 0.583. The predicted molar refractivity (Wildman–Crippen MR) is 63.7 cm³/mol. The van der Waals surface area contributed by atoms with Gasteiger partial charge in [0.25, 0.3) is 0 Å². The Bertz CT molecular complexity index is 537. The third-order valence-corrected chi connectivity index (χ3v) is 3.53. The van der Waals surface area contributed by atoms with Gasteiger partial charge in [0.05, 0.1) is 12.2 Å². The molecule has 1 aliphatic rings. The number of imidazole rings is 1. The number of nitrogens with zero attached hydrogens (tertiary/aromatic N) is 5. The van der Waals surface area contributed by atoms with E-state index in [1.807, 2.05) is 11.7 Å². The van der Waals surface area contributed by atoms with Crippen molar-refractivity contribution in [2.45, 2.75) is 39.2 Å². The van der Waals surface area contributed by atoms with Gasteiger partial charge in [0, 0.05) is 12.7 Å². The van der Waals surface area contributed by atoms with Gasteiger partial charge in [0.1, 0.15) is 18.0 Å². The van der Waals surface area contributed by atoms with Crippen molar-refractivity contribution >= 4 is 0 Å². The first kappa shape index (κ1) is 10.5. The highest BCUT2D eigenvalue weighted by Gasteiger charge is 2.18. The molecule has 0 bridgehead atoms. The maximum Gasteiger partial charge on any atom is 0.146 e. The molecule has 0 amide bonds. The zero-order chi connectivity index (χ0) is 11.8. The lowest BCUT2D eigenvalue weighted by Crippen LogP contribution is -2.13. The SMILES string of the molecule is Cc1nc2c(n1Cc1ncnn1C)CCCC2. The summed E-state index contributed by atoms with van der Waals surface area (Å²) in [5.41, 5.74) is 2.69. The van der Waals surface area contributed by atoms with Crippen molar-refractivity contribution in [2.24, 2.45) is 7.05 Å². The van der Waals surface area contributed by atoms with Crippen molar-refractivity contribution in [3.63, 3.8) is 0 Å². The van der Waals surface area contributed by atoms with Crippen molar-refractivity contribution in [2.75, 3.05) is 0 Å². The monoisotopic (exact) mass is 231 g/mol. The van der Waals surface area contributed by atoms with Crippen LogP contribution in [-0.2, 0) is 26.4 Å². The summed E-state index contributed by atoms with van der Waals surface area (Å²) in [5, 5.41) is 4.11. The van der Waals surface area contributed by atoms with Crippen molar-refractivity contribution in [1.82, 2.24) is 24.3 Å². The van der Waals surface area contributed by atoms with Gasteiger partial charge in [-0.15, -0.1) is 0 Å². The van der Waals surface area contributed by atoms with E-state index in [1.165, 1.54) is 24.2 Å². The Morgan fingerprint density at radius 1 is 1.29 bits per heavy atom. The Morgan fingerprint density at radius 2 is 2.12 bits per heavy atom. The van der Waals surface area contributed by atoms with E-state index < -0.39 is 0 Å². The Kier molecular flexibility index (Phi) is 2.46. The average Bonchev–Trinajstić information content (AvgIpc) is 2.85. The van der Waals surface area contributed by atoms with Gasteiger partial charge in [-0.3, -0.25) is 4.68 Å². The minimum absolute atomic E-state index is 0.782. The molecule has 0 radical (unpaired) electrons. The first-order chi connectivity index (χ1) is 8.25. The summed E-state index contributed by atoms with van der Waals surface area (Å²) in [6, 6.07) is 0. The van der Waals surface area contributed by atoms with Crippen LogP contribution in [0.15, 0.2) is 6.33 Å². The Hall–Kier alpha value is -1.65. The molecular weight excluding hydrogens is 214 g/mol. The molecule has 1 aliphatic carbocycles. The van der Waals surface area contributed by atoms with Crippen molar-refractivity contribution in [1.29, 1.82) is 0 Å². The highest BCUT2D eigenvalue weighted by molar-refractivity contribution is 5.20. The molecule has 0 aromatic carbocycles. The summed E-state index contributed by atoms with van der Waals surface area (Å²) in [6.07, 6.45) is 6.43. The summed E-state index contributed by atoms with van der Waals surface area (Å²) in [7, 11) is 1.93. The van der Waals surface area contributed by atoms with Gasteiger partial charge in [0.2, 0.25) is 0 Å². The Labute approximate surface area is 101 Å². The van der Waals surface area contributed by atoms with Crippen LogP contribution in [0.5, 0.6) is 0 Å².